The molecule has 0 saturated carbocycles. The number of carbonyl (C=O) groups excluding carboxylic acids is 2. The number of esters is 1. The van der Waals surface area contributed by atoms with E-state index in [1.807, 2.05) is 0 Å². The number of ether oxygens (including phenoxy) is 2. The van der Waals surface area contributed by atoms with Crippen LogP contribution in [0.3, 0.4) is 0 Å². The van der Waals surface area contributed by atoms with Gasteiger partial charge in [-0.1, -0.05) is 25.3 Å². The van der Waals surface area contributed by atoms with Crippen LogP contribution < -0.4 is 5.32 Å². The third-order valence-electron chi connectivity index (χ3n) is 1.29. The number of rotatable bonds is 7. The number of alkyl carbamates (subject to hydrolysis) is 1. The molecular formula is C10H15NO4. The molecule has 0 heterocycles. The van der Waals surface area contributed by atoms with E-state index in [0.717, 1.165) is 0 Å². The fourth-order valence-electron chi connectivity index (χ4n) is 0.676. The normalized spacial score (nSPS) is 8.80. The van der Waals surface area contributed by atoms with Crippen LogP contribution in [-0.4, -0.2) is 31.8 Å². The second-order valence-electron chi connectivity index (χ2n) is 2.54. The summed E-state index contributed by atoms with van der Waals surface area (Å²) in [5.74, 6) is -0.390. The van der Waals surface area contributed by atoms with Crippen molar-refractivity contribution in [2.24, 2.45) is 0 Å². The molecule has 1 N–H and O–H groups in total. The summed E-state index contributed by atoms with van der Waals surface area (Å²) in [6.45, 7) is 7.30. The van der Waals surface area contributed by atoms with Gasteiger partial charge in [0, 0.05) is 6.54 Å². The average molecular weight is 213 g/mol. The van der Waals surface area contributed by atoms with Gasteiger partial charge in [0.05, 0.1) is 6.42 Å². The molecule has 5 nitrogen and oxygen atoms in total. The minimum Gasteiger partial charge on any atom is -0.461 e. The van der Waals surface area contributed by atoms with Gasteiger partial charge in [0.25, 0.3) is 0 Å². The molecule has 5 heteroatoms. The van der Waals surface area contributed by atoms with Gasteiger partial charge < -0.3 is 14.8 Å². The molecule has 0 atom stereocenters. The van der Waals surface area contributed by atoms with Crippen LogP contribution in [0.2, 0.25) is 0 Å². The molecule has 0 fully saturated rings. The highest BCUT2D eigenvalue weighted by atomic mass is 16.5. The van der Waals surface area contributed by atoms with Crippen LogP contribution in [-0.2, 0) is 14.3 Å². The Morgan fingerprint density at radius 3 is 2.33 bits per heavy atom. The Morgan fingerprint density at radius 2 is 1.73 bits per heavy atom. The van der Waals surface area contributed by atoms with Gasteiger partial charge in [-0.3, -0.25) is 4.79 Å². The standard InChI is InChI=1S/C10H15NO4/c1-3-7-14-9(12)5-6-11-10(13)15-8-4-2/h3-4H,1-2,5-8H2,(H,11,13). The topological polar surface area (TPSA) is 64.6 Å². The van der Waals surface area contributed by atoms with Crippen LogP contribution in [0.4, 0.5) is 4.79 Å². The predicted octanol–water partition coefficient (Wildman–Crippen LogP) is 1.02. The lowest BCUT2D eigenvalue weighted by Gasteiger charge is -2.04. The lowest BCUT2D eigenvalue weighted by molar-refractivity contribution is -0.142. The first-order valence-corrected chi connectivity index (χ1v) is 4.48. The van der Waals surface area contributed by atoms with Crippen molar-refractivity contribution in [3.05, 3.63) is 25.3 Å². The van der Waals surface area contributed by atoms with Crippen LogP contribution in [0.1, 0.15) is 6.42 Å². The van der Waals surface area contributed by atoms with E-state index in [-0.39, 0.29) is 32.1 Å². The molecule has 15 heavy (non-hydrogen) atoms. The first kappa shape index (κ1) is 13.2. The molecular weight excluding hydrogens is 198 g/mol. The molecule has 1 amide bonds. The smallest absolute Gasteiger partial charge is 0.407 e. The van der Waals surface area contributed by atoms with Crippen LogP contribution >= 0.6 is 0 Å². The summed E-state index contributed by atoms with van der Waals surface area (Å²) in [7, 11) is 0. The predicted molar refractivity (Wildman–Crippen MR) is 55.3 cm³/mol. The highest BCUT2D eigenvalue weighted by Gasteiger charge is 2.04. The lowest BCUT2D eigenvalue weighted by atomic mass is 10.4. The quantitative estimate of drug-likeness (QED) is 0.506. The maximum absolute atomic E-state index is 10.9. The highest BCUT2D eigenvalue weighted by molar-refractivity contribution is 5.71. The fraction of sp³-hybridized carbons (Fsp3) is 0.400. The molecule has 0 aromatic carbocycles. The van der Waals surface area contributed by atoms with E-state index in [9.17, 15) is 9.59 Å². The SMILES string of the molecule is C=CCOC(=O)CCNC(=O)OCC=C. The Morgan fingerprint density at radius 1 is 1.13 bits per heavy atom. The minimum atomic E-state index is -0.577. The summed E-state index contributed by atoms with van der Waals surface area (Å²) in [5, 5.41) is 2.39. The van der Waals surface area contributed by atoms with Gasteiger partial charge in [-0.15, -0.1) is 0 Å². The second kappa shape index (κ2) is 8.80. The van der Waals surface area contributed by atoms with Crippen LogP contribution in [0, 0.1) is 0 Å². The van der Waals surface area contributed by atoms with E-state index in [1.54, 1.807) is 0 Å². The Kier molecular flexibility index (Phi) is 7.76. The zero-order chi connectivity index (χ0) is 11.5. The van der Waals surface area contributed by atoms with Crippen molar-refractivity contribution in [2.45, 2.75) is 6.42 Å². The molecule has 0 saturated heterocycles. The molecule has 0 bridgehead atoms. The van der Waals surface area contributed by atoms with E-state index >= 15 is 0 Å². The first-order chi connectivity index (χ1) is 7.20. The highest BCUT2D eigenvalue weighted by Crippen LogP contribution is 1.86. The number of carbonyl (C=O) groups is 2. The Balaban J connectivity index is 3.43. The van der Waals surface area contributed by atoms with Crippen molar-refractivity contribution in [1.29, 1.82) is 0 Å². The summed E-state index contributed by atoms with van der Waals surface area (Å²) in [4.78, 5) is 21.8. The van der Waals surface area contributed by atoms with E-state index in [0.29, 0.717) is 0 Å². The van der Waals surface area contributed by atoms with Gasteiger partial charge in [0.1, 0.15) is 13.2 Å². The number of nitrogens with one attached hydrogen (secondary N) is 1. The van der Waals surface area contributed by atoms with E-state index in [2.05, 4.69) is 27.9 Å². The van der Waals surface area contributed by atoms with Crippen LogP contribution in [0.25, 0.3) is 0 Å². The van der Waals surface area contributed by atoms with Crippen molar-refractivity contribution in [1.82, 2.24) is 5.32 Å². The van der Waals surface area contributed by atoms with Crippen LogP contribution in [0.15, 0.2) is 25.3 Å². The summed E-state index contributed by atoms with van der Waals surface area (Å²) in [6.07, 6.45) is 2.46. The van der Waals surface area contributed by atoms with E-state index in [4.69, 9.17) is 0 Å². The molecule has 0 aromatic heterocycles. The monoisotopic (exact) mass is 213 g/mol. The number of hydrogen-bond acceptors (Lipinski definition) is 4. The third-order valence-corrected chi connectivity index (χ3v) is 1.29. The number of amides is 1. The Labute approximate surface area is 88.7 Å². The summed E-state index contributed by atoms with van der Waals surface area (Å²) >= 11 is 0. The van der Waals surface area contributed by atoms with Crippen molar-refractivity contribution in [2.75, 3.05) is 19.8 Å². The van der Waals surface area contributed by atoms with Gasteiger partial charge in [-0.25, -0.2) is 4.79 Å². The molecule has 0 aliphatic carbocycles. The molecule has 0 rings (SSSR count). The largest absolute Gasteiger partial charge is 0.461 e. The van der Waals surface area contributed by atoms with Crippen molar-refractivity contribution >= 4 is 12.1 Å². The molecule has 0 unspecified atom stereocenters. The van der Waals surface area contributed by atoms with Crippen molar-refractivity contribution < 1.29 is 19.1 Å². The van der Waals surface area contributed by atoms with Crippen molar-refractivity contribution in [3.8, 4) is 0 Å². The summed E-state index contributed by atoms with van der Waals surface area (Å²) < 4.78 is 9.31. The molecule has 0 aliphatic rings. The average Bonchev–Trinajstić information content (AvgIpc) is 2.23. The summed E-state index contributed by atoms with van der Waals surface area (Å²) in [5.41, 5.74) is 0. The number of hydrogen-bond donors (Lipinski definition) is 1. The maximum atomic E-state index is 10.9. The lowest BCUT2D eigenvalue weighted by Crippen LogP contribution is -2.27. The molecule has 0 radical (unpaired) electrons. The molecule has 84 valence electrons. The van der Waals surface area contributed by atoms with Gasteiger partial charge in [-0.2, -0.15) is 0 Å². The Bertz CT molecular complexity index is 214. The molecule has 0 spiro atoms. The van der Waals surface area contributed by atoms with Gasteiger partial charge in [0.2, 0.25) is 0 Å². The summed E-state index contributed by atoms with van der Waals surface area (Å²) in [6, 6.07) is 0. The first-order valence-electron chi connectivity index (χ1n) is 4.48. The van der Waals surface area contributed by atoms with E-state index < -0.39 is 6.09 Å². The minimum absolute atomic E-state index is 0.108. The van der Waals surface area contributed by atoms with Gasteiger partial charge in [-0.05, 0) is 0 Å². The fourth-order valence-corrected chi connectivity index (χ4v) is 0.676. The van der Waals surface area contributed by atoms with Crippen LogP contribution in [0.5, 0.6) is 0 Å². The molecule has 0 aromatic rings. The Hall–Kier alpha value is -1.78. The molecule has 0 aliphatic heterocycles. The van der Waals surface area contributed by atoms with Gasteiger partial charge >= 0.3 is 12.1 Å². The van der Waals surface area contributed by atoms with E-state index in [1.165, 1.54) is 12.2 Å². The second-order valence-corrected chi connectivity index (χ2v) is 2.54. The zero-order valence-corrected chi connectivity index (χ0v) is 8.53. The van der Waals surface area contributed by atoms with Gasteiger partial charge in [0.15, 0.2) is 0 Å². The zero-order valence-electron chi connectivity index (χ0n) is 8.53. The van der Waals surface area contributed by atoms with Crippen molar-refractivity contribution in [3.63, 3.8) is 0 Å². The maximum Gasteiger partial charge on any atom is 0.407 e. The third kappa shape index (κ3) is 8.55.